The summed E-state index contributed by atoms with van der Waals surface area (Å²) in [6.45, 7) is 8.22. The van der Waals surface area contributed by atoms with Crippen LogP contribution in [0.25, 0.3) is 0 Å². The third kappa shape index (κ3) is 8.27. The molecule has 0 radical (unpaired) electrons. The van der Waals surface area contributed by atoms with Crippen molar-refractivity contribution in [3.05, 3.63) is 25.3 Å². The highest BCUT2D eigenvalue weighted by Crippen LogP contribution is 2.21. The molecule has 0 aliphatic rings. The predicted octanol–water partition coefficient (Wildman–Crippen LogP) is 0.554. The van der Waals surface area contributed by atoms with Gasteiger partial charge in [-0.25, -0.2) is 9.59 Å². The number of hydrogen-bond acceptors (Lipinski definition) is 6. The molecule has 0 N–H and O–H groups in total. The molecule has 0 heterocycles. The van der Waals surface area contributed by atoms with Crippen LogP contribution in [-0.2, 0) is 19.1 Å². The molecule has 0 amide bonds. The highest BCUT2D eigenvalue weighted by atomic mass is 16.5. The second kappa shape index (κ2) is 9.31. The van der Waals surface area contributed by atoms with Crippen LogP contribution in [0.1, 0.15) is 0 Å². The van der Waals surface area contributed by atoms with Gasteiger partial charge < -0.3 is 19.3 Å². The summed E-state index contributed by atoms with van der Waals surface area (Å²) in [5.41, 5.74) is -0.523. The minimum Gasteiger partial charge on any atom is -0.462 e. The van der Waals surface area contributed by atoms with Crippen molar-refractivity contribution in [2.45, 2.75) is 0 Å². The van der Waals surface area contributed by atoms with Gasteiger partial charge in [0.25, 0.3) is 0 Å². The normalized spacial score (nSPS) is 11.3. The summed E-state index contributed by atoms with van der Waals surface area (Å²) >= 11 is 0. The monoisotopic (exact) mass is 298 g/mol. The van der Waals surface area contributed by atoms with Crippen LogP contribution in [0, 0.1) is 5.41 Å². The van der Waals surface area contributed by atoms with Crippen LogP contribution in [0.2, 0.25) is 0 Å². The number of esters is 2. The van der Waals surface area contributed by atoms with Crippen molar-refractivity contribution in [2.75, 3.05) is 54.5 Å². The van der Waals surface area contributed by atoms with Crippen LogP contribution in [0.4, 0.5) is 0 Å². The Morgan fingerprint density at radius 1 is 0.905 bits per heavy atom. The van der Waals surface area contributed by atoms with Crippen molar-refractivity contribution < 1.29 is 19.1 Å². The minimum atomic E-state index is -0.523. The number of carbonyl (C=O) groups is 2. The topological polar surface area (TPSA) is 59.1 Å². The van der Waals surface area contributed by atoms with Gasteiger partial charge in [-0.2, -0.15) is 0 Å². The minimum absolute atomic E-state index is 0.138. The lowest BCUT2D eigenvalue weighted by atomic mass is 9.88. The Balaban J connectivity index is 5.08. The average molecular weight is 298 g/mol. The summed E-state index contributed by atoms with van der Waals surface area (Å²) in [5.74, 6) is -0.987. The Labute approximate surface area is 127 Å². The van der Waals surface area contributed by atoms with Crippen LogP contribution in [0.3, 0.4) is 0 Å². The van der Waals surface area contributed by atoms with Gasteiger partial charge in [0.05, 0.1) is 5.41 Å². The van der Waals surface area contributed by atoms with E-state index in [-0.39, 0.29) is 13.2 Å². The molecule has 0 atom stereocenters. The highest BCUT2D eigenvalue weighted by Gasteiger charge is 2.35. The van der Waals surface area contributed by atoms with E-state index in [1.54, 1.807) is 0 Å². The maximum absolute atomic E-state index is 11.3. The van der Waals surface area contributed by atoms with Crippen molar-refractivity contribution in [3.8, 4) is 0 Å². The van der Waals surface area contributed by atoms with Gasteiger partial charge >= 0.3 is 11.9 Å². The molecule has 0 spiro atoms. The number of hydrogen-bond donors (Lipinski definition) is 0. The number of nitrogens with zero attached hydrogens (tertiary/aromatic N) is 2. The fourth-order valence-electron chi connectivity index (χ4n) is 2.18. The van der Waals surface area contributed by atoms with Gasteiger partial charge in [0.15, 0.2) is 0 Å². The van der Waals surface area contributed by atoms with Crippen LogP contribution in [0.5, 0.6) is 0 Å². The quantitative estimate of drug-likeness (QED) is 0.434. The van der Waals surface area contributed by atoms with Gasteiger partial charge in [0, 0.05) is 25.2 Å². The largest absolute Gasteiger partial charge is 0.462 e. The molecule has 0 rings (SSSR count). The van der Waals surface area contributed by atoms with E-state index >= 15 is 0 Å². The van der Waals surface area contributed by atoms with E-state index in [1.165, 1.54) is 0 Å². The molecule has 0 fully saturated rings. The second-order valence-electron chi connectivity index (χ2n) is 5.60. The zero-order valence-electron chi connectivity index (χ0n) is 13.4. The maximum atomic E-state index is 11.3. The summed E-state index contributed by atoms with van der Waals surface area (Å²) in [6.07, 6.45) is 2.23. The molecule has 0 saturated heterocycles. The molecule has 6 nitrogen and oxygen atoms in total. The van der Waals surface area contributed by atoms with Crippen LogP contribution in [-0.4, -0.2) is 76.2 Å². The molecule has 0 saturated carbocycles. The van der Waals surface area contributed by atoms with E-state index in [4.69, 9.17) is 9.47 Å². The Kier molecular flexibility index (Phi) is 8.57. The number of ether oxygens (including phenoxy) is 2. The first-order valence-corrected chi connectivity index (χ1v) is 6.62. The Morgan fingerprint density at radius 2 is 1.24 bits per heavy atom. The third-order valence-electron chi connectivity index (χ3n) is 2.68. The first-order chi connectivity index (χ1) is 9.74. The summed E-state index contributed by atoms with van der Waals surface area (Å²) < 4.78 is 10.4. The molecule has 0 bridgehead atoms. The van der Waals surface area contributed by atoms with Gasteiger partial charge in [-0.1, -0.05) is 13.2 Å². The van der Waals surface area contributed by atoms with Crippen molar-refractivity contribution >= 4 is 11.9 Å². The first kappa shape index (κ1) is 19.3. The SMILES string of the molecule is C=CC(=O)OCC(COC(=O)C=C)(CN(C)C)CN(C)C. The highest BCUT2D eigenvalue weighted by molar-refractivity contribution is 5.81. The molecule has 0 aliphatic carbocycles. The first-order valence-electron chi connectivity index (χ1n) is 6.62. The van der Waals surface area contributed by atoms with Crippen LogP contribution in [0.15, 0.2) is 25.3 Å². The lowest BCUT2D eigenvalue weighted by Gasteiger charge is -2.36. The fourth-order valence-corrected chi connectivity index (χ4v) is 2.18. The molecule has 0 aromatic heterocycles. The summed E-state index contributed by atoms with van der Waals surface area (Å²) in [6, 6.07) is 0. The Hall–Kier alpha value is -1.66. The molecule has 0 aromatic rings. The molecular weight excluding hydrogens is 272 g/mol. The lowest BCUT2D eigenvalue weighted by Crippen LogP contribution is -2.48. The summed E-state index contributed by atoms with van der Waals surface area (Å²) in [4.78, 5) is 26.6. The number of carbonyl (C=O) groups excluding carboxylic acids is 2. The van der Waals surface area contributed by atoms with E-state index in [1.807, 2.05) is 38.0 Å². The average Bonchev–Trinajstić information content (AvgIpc) is 2.40. The molecule has 21 heavy (non-hydrogen) atoms. The third-order valence-corrected chi connectivity index (χ3v) is 2.68. The zero-order chi connectivity index (χ0) is 16.5. The lowest BCUT2D eigenvalue weighted by molar-refractivity contribution is -0.149. The van der Waals surface area contributed by atoms with E-state index in [0.29, 0.717) is 13.1 Å². The molecule has 0 unspecified atom stereocenters. The van der Waals surface area contributed by atoms with Crippen molar-refractivity contribution in [1.29, 1.82) is 0 Å². The van der Waals surface area contributed by atoms with E-state index in [9.17, 15) is 9.59 Å². The Morgan fingerprint density at radius 3 is 1.48 bits per heavy atom. The van der Waals surface area contributed by atoms with Gasteiger partial charge in [-0.15, -0.1) is 0 Å². The van der Waals surface area contributed by atoms with Crippen molar-refractivity contribution in [1.82, 2.24) is 9.80 Å². The van der Waals surface area contributed by atoms with Gasteiger partial charge in [-0.05, 0) is 28.2 Å². The Bertz CT molecular complexity index is 342. The fraction of sp³-hybridized carbons (Fsp3) is 0.600. The molecule has 6 heteroatoms. The van der Waals surface area contributed by atoms with E-state index in [2.05, 4.69) is 13.2 Å². The van der Waals surface area contributed by atoms with Gasteiger partial charge in [0.2, 0.25) is 0 Å². The summed E-state index contributed by atoms with van der Waals surface area (Å²) in [7, 11) is 7.65. The van der Waals surface area contributed by atoms with E-state index in [0.717, 1.165) is 12.2 Å². The smallest absolute Gasteiger partial charge is 0.330 e. The zero-order valence-corrected chi connectivity index (χ0v) is 13.4. The predicted molar refractivity (Wildman–Crippen MR) is 81.9 cm³/mol. The standard InChI is InChI=1S/C15H26N2O4/c1-7-13(18)20-11-15(9-16(3)4,10-17(5)6)12-21-14(19)8-2/h7-8H,1-2,9-12H2,3-6H3. The van der Waals surface area contributed by atoms with Gasteiger partial charge in [0.1, 0.15) is 13.2 Å². The molecule has 0 aromatic carbocycles. The van der Waals surface area contributed by atoms with Crippen molar-refractivity contribution in [3.63, 3.8) is 0 Å². The molecule has 120 valence electrons. The summed E-state index contributed by atoms with van der Waals surface area (Å²) in [5, 5.41) is 0. The van der Waals surface area contributed by atoms with Crippen molar-refractivity contribution in [2.24, 2.45) is 5.41 Å². The molecular formula is C15H26N2O4. The van der Waals surface area contributed by atoms with E-state index < -0.39 is 17.4 Å². The van der Waals surface area contributed by atoms with Crippen LogP contribution >= 0.6 is 0 Å². The molecule has 0 aliphatic heterocycles. The number of rotatable bonds is 10. The van der Waals surface area contributed by atoms with Gasteiger partial charge in [-0.3, -0.25) is 0 Å². The second-order valence-corrected chi connectivity index (χ2v) is 5.60. The maximum Gasteiger partial charge on any atom is 0.330 e. The van der Waals surface area contributed by atoms with Crippen LogP contribution < -0.4 is 0 Å².